The maximum atomic E-state index is 12.6. The van der Waals surface area contributed by atoms with E-state index in [1.807, 2.05) is 30.3 Å². The maximum Gasteiger partial charge on any atom is 0.407 e. The highest BCUT2D eigenvalue weighted by atomic mass is 16.5. The summed E-state index contributed by atoms with van der Waals surface area (Å²) in [4.78, 5) is 30.8. The number of likely N-dealkylation sites (N-methyl/N-ethyl adjacent to an activating group) is 1. The number of hydrogen-bond donors (Lipinski definition) is 1. The number of aromatic nitrogens is 1. The molecule has 0 spiro atoms. The van der Waals surface area contributed by atoms with Crippen molar-refractivity contribution in [3.8, 4) is 11.1 Å². The molecule has 0 radical (unpaired) electrons. The molecule has 6 nitrogen and oxygen atoms in total. The van der Waals surface area contributed by atoms with Crippen LogP contribution in [0, 0.1) is 0 Å². The molecule has 0 unspecified atom stereocenters. The van der Waals surface area contributed by atoms with Crippen molar-refractivity contribution in [2.75, 3.05) is 20.7 Å². The first-order chi connectivity index (χ1) is 15.0. The highest BCUT2D eigenvalue weighted by Gasteiger charge is 2.30. The van der Waals surface area contributed by atoms with Crippen LogP contribution in [0.2, 0.25) is 0 Å². The smallest absolute Gasteiger partial charge is 0.407 e. The van der Waals surface area contributed by atoms with E-state index >= 15 is 0 Å². The quantitative estimate of drug-likeness (QED) is 0.668. The Balaban J connectivity index is 1.46. The van der Waals surface area contributed by atoms with Crippen LogP contribution < -0.4 is 5.32 Å². The van der Waals surface area contributed by atoms with Gasteiger partial charge in [-0.2, -0.15) is 0 Å². The minimum atomic E-state index is -0.727. The summed E-state index contributed by atoms with van der Waals surface area (Å²) in [6.07, 6.45) is 3.10. The summed E-state index contributed by atoms with van der Waals surface area (Å²) in [6, 6.07) is 19.3. The zero-order chi connectivity index (χ0) is 21.8. The molecule has 0 aliphatic heterocycles. The number of pyridine rings is 1. The van der Waals surface area contributed by atoms with Crippen molar-refractivity contribution in [1.82, 2.24) is 15.2 Å². The predicted molar refractivity (Wildman–Crippen MR) is 119 cm³/mol. The van der Waals surface area contributed by atoms with Crippen LogP contribution >= 0.6 is 0 Å². The van der Waals surface area contributed by atoms with Crippen molar-refractivity contribution in [1.29, 1.82) is 0 Å². The molecule has 0 saturated carbocycles. The Morgan fingerprint density at radius 3 is 2.23 bits per heavy atom. The first-order valence-electron chi connectivity index (χ1n) is 10.3. The van der Waals surface area contributed by atoms with Crippen molar-refractivity contribution in [2.45, 2.75) is 18.4 Å². The fraction of sp³-hybridized carbons (Fsp3) is 0.240. The topological polar surface area (TPSA) is 71.5 Å². The average molecular weight is 415 g/mol. The second-order valence-electron chi connectivity index (χ2n) is 7.82. The van der Waals surface area contributed by atoms with Crippen molar-refractivity contribution in [3.63, 3.8) is 0 Å². The van der Waals surface area contributed by atoms with Crippen LogP contribution in [0.5, 0.6) is 0 Å². The summed E-state index contributed by atoms with van der Waals surface area (Å²) >= 11 is 0. The van der Waals surface area contributed by atoms with Crippen molar-refractivity contribution < 1.29 is 14.3 Å². The number of hydrogen-bond acceptors (Lipinski definition) is 4. The van der Waals surface area contributed by atoms with E-state index in [9.17, 15) is 9.59 Å². The van der Waals surface area contributed by atoms with Crippen LogP contribution in [0.25, 0.3) is 11.1 Å². The number of fused-ring (bicyclic) bond motifs is 3. The van der Waals surface area contributed by atoms with Gasteiger partial charge < -0.3 is 15.0 Å². The van der Waals surface area contributed by atoms with E-state index in [1.165, 1.54) is 16.0 Å². The SMILES string of the molecule is CN(C)C(=O)[C@H](Cc1cccnc1)NC(=O)OCC1c2ccccc2-c2ccccc21. The Bertz CT molecular complexity index is 1040. The molecule has 0 bridgehead atoms. The van der Waals surface area contributed by atoms with Crippen LogP contribution in [0.3, 0.4) is 0 Å². The van der Waals surface area contributed by atoms with Crippen molar-refractivity contribution in [3.05, 3.63) is 89.7 Å². The number of ether oxygens (including phenoxy) is 1. The van der Waals surface area contributed by atoms with Gasteiger partial charge in [-0.05, 0) is 33.9 Å². The minimum Gasteiger partial charge on any atom is -0.449 e. The van der Waals surface area contributed by atoms with Crippen molar-refractivity contribution in [2.24, 2.45) is 0 Å². The number of carbonyl (C=O) groups excluding carboxylic acids is 2. The first-order valence-corrected chi connectivity index (χ1v) is 10.3. The molecule has 0 fully saturated rings. The molecule has 4 rings (SSSR count). The Kier molecular flexibility index (Phi) is 5.98. The van der Waals surface area contributed by atoms with Gasteiger partial charge in [-0.1, -0.05) is 54.6 Å². The first kappa shape index (κ1) is 20.6. The van der Waals surface area contributed by atoms with E-state index in [0.29, 0.717) is 6.42 Å². The molecule has 1 aromatic heterocycles. The van der Waals surface area contributed by atoms with Gasteiger partial charge in [-0.15, -0.1) is 0 Å². The van der Waals surface area contributed by atoms with Gasteiger partial charge in [0.1, 0.15) is 12.6 Å². The molecule has 6 heteroatoms. The minimum absolute atomic E-state index is 0.0283. The zero-order valence-corrected chi connectivity index (χ0v) is 17.6. The predicted octanol–water partition coefficient (Wildman–Crippen LogP) is 3.62. The highest BCUT2D eigenvalue weighted by Crippen LogP contribution is 2.44. The molecule has 0 saturated heterocycles. The normalized spacial score (nSPS) is 13.1. The van der Waals surface area contributed by atoms with Gasteiger partial charge in [0.05, 0.1) is 0 Å². The largest absolute Gasteiger partial charge is 0.449 e. The molecule has 1 atom stereocenters. The number of nitrogens with zero attached hydrogens (tertiary/aromatic N) is 2. The third-order valence-corrected chi connectivity index (χ3v) is 5.54. The fourth-order valence-electron chi connectivity index (χ4n) is 4.05. The van der Waals surface area contributed by atoms with Gasteiger partial charge >= 0.3 is 6.09 Å². The molecule has 1 aliphatic carbocycles. The van der Waals surface area contributed by atoms with E-state index in [4.69, 9.17) is 4.74 Å². The molecule has 1 aliphatic rings. The third kappa shape index (κ3) is 4.43. The summed E-state index contributed by atoms with van der Waals surface area (Å²) in [5.74, 6) is -0.225. The van der Waals surface area contributed by atoms with Gasteiger partial charge in [-0.3, -0.25) is 9.78 Å². The third-order valence-electron chi connectivity index (χ3n) is 5.54. The number of carbonyl (C=O) groups is 2. The Labute approximate surface area is 181 Å². The van der Waals surface area contributed by atoms with Gasteiger partial charge in [-0.25, -0.2) is 4.79 Å². The van der Waals surface area contributed by atoms with E-state index in [-0.39, 0.29) is 18.4 Å². The number of rotatable bonds is 6. The van der Waals surface area contributed by atoms with Crippen LogP contribution in [0.15, 0.2) is 73.1 Å². The standard InChI is InChI=1S/C25H25N3O3/c1-28(2)24(29)23(14-17-8-7-13-26-15-17)27-25(30)31-16-22-20-11-5-3-9-18(20)19-10-4-6-12-21(19)22/h3-13,15,22-23H,14,16H2,1-2H3,(H,27,30)/t23-/m0/s1. The van der Waals surface area contributed by atoms with E-state index < -0.39 is 12.1 Å². The van der Waals surface area contributed by atoms with Crippen LogP contribution in [0.4, 0.5) is 4.79 Å². The van der Waals surface area contributed by atoms with E-state index in [2.05, 4.69) is 34.6 Å². The molecule has 2 aromatic carbocycles. The average Bonchev–Trinajstić information content (AvgIpc) is 3.11. The van der Waals surface area contributed by atoms with Gasteiger partial charge in [0.25, 0.3) is 0 Å². The summed E-state index contributed by atoms with van der Waals surface area (Å²) in [6.45, 7) is 0.204. The fourth-order valence-corrected chi connectivity index (χ4v) is 4.05. The number of nitrogens with one attached hydrogen (secondary N) is 1. The molecular formula is C25H25N3O3. The van der Waals surface area contributed by atoms with Gasteiger partial charge in [0.2, 0.25) is 5.91 Å². The summed E-state index contributed by atoms with van der Waals surface area (Å²) in [5.41, 5.74) is 5.50. The number of benzene rings is 2. The van der Waals surface area contributed by atoms with E-state index in [1.54, 1.807) is 32.6 Å². The Morgan fingerprint density at radius 1 is 1.00 bits per heavy atom. The molecule has 3 aromatic rings. The summed E-state index contributed by atoms with van der Waals surface area (Å²) in [7, 11) is 3.33. The molecular weight excluding hydrogens is 390 g/mol. The molecule has 1 N–H and O–H groups in total. The summed E-state index contributed by atoms with van der Waals surface area (Å²) < 4.78 is 5.60. The Morgan fingerprint density at radius 2 is 1.65 bits per heavy atom. The summed E-state index contributed by atoms with van der Waals surface area (Å²) in [5, 5.41) is 2.74. The van der Waals surface area contributed by atoms with Crippen LogP contribution in [0.1, 0.15) is 22.6 Å². The van der Waals surface area contributed by atoms with E-state index in [0.717, 1.165) is 16.7 Å². The lowest BCUT2D eigenvalue weighted by Gasteiger charge is -2.22. The molecule has 2 amide bonds. The van der Waals surface area contributed by atoms with Crippen LogP contribution in [-0.2, 0) is 16.0 Å². The van der Waals surface area contributed by atoms with Gasteiger partial charge in [0, 0.05) is 38.8 Å². The molecule has 1 heterocycles. The van der Waals surface area contributed by atoms with Crippen molar-refractivity contribution >= 4 is 12.0 Å². The maximum absolute atomic E-state index is 12.6. The zero-order valence-electron chi connectivity index (χ0n) is 17.6. The second-order valence-corrected chi connectivity index (χ2v) is 7.82. The van der Waals surface area contributed by atoms with Gasteiger partial charge in [0.15, 0.2) is 0 Å². The number of amides is 2. The Hall–Kier alpha value is -3.67. The lowest BCUT2D eigenvalue weighted by molar-refractivity contribution is -0.130. The molecule has 158 valence electrons. The molecule has 31 heavy (non-hydrogen) atoms. The highest BCUT2D eigenvalue weighted by molar-refractivity contribution is 5.85. The number of alkyl carbamates (subject to hydrolysis) is 1. The monoisotopic (exact) mass is 415 g/mol. The van der Waals surface area contributed by atoms with Crippen LogP contribution in [-0.4, -0.2) is 48.6 Å². The lowest BCUT2D eigenvalue weighted by atomic mass is 9.98. The second kappa shape index (κ2) is 9.00. The lowest BCUT2D eigenvalue weighted by Crippen LogP contribution is -2.47.